The molecule has 20 heavy (non-hydrogen) atoms. The Balaban J connectivity index is 3.08. The van der Waals surface area contributed by atoms with E-state index in [1.807, 2.05) is 6.92 Å². The van der Waals surface area contributed by atoms with E-state index >= 15 is 0 Å². The summed E-state index contributed by atoms with van der Waals surface area (Å²) in [4.78, 5) is 2.74. The summed E-state index contributed by atoms with van der Waals surface area (Å²) in [6.45, 7) is 2.50. The molecule has 0 aromatic rings. The standard InChI is InChI=1S/C15H32N4O/c1-14(16)15(20)12-10-8-6-4-2-3-5-7-9-11-13-18-19-17/h14-15,20H,2-13,16H2,1H3/t14-,15+/m0/s1. The van der Waals surface area contributed by atoms with Crippen molar-refractivity contribution < 1.29 is 5.11 Å². The molecule has 0 radical (unpaired) electrons. The summed E-state index contributed by atoms with van der Waals surface area (Å²) in [7, 11) is 0. The molecule has 0 rings (SSSR count). The van der Waals surface area contributed by atoms with Crippen molar-refractivity contribution in [2.45, 2.75) is 89.7 Å². The van der Waals surface area contributed by atoms with Gasteiger partial charge in [0.2, 0.25) is 0 Å². The third kappa shape index (κ3) is 13.7. The van der Waals surface area contributed by atoms with Gasteiger partial charge < -0.3 is 10.8 Å². The van der Waals surface area contributed by atoms with E-state index in [0.717, 1.165) is 19.3 Å². The van der Waals surface area contributed by atoms with Crippen molar-refractivity contribution in [3.8, 4) is 0 Å². The van der Waals surface area contributed by atoms with Crippen LogP contribution in [0.1, 0.15) is 77.6 Å². The molecule has 118 valence electrons. The summed E-state index contributed by atoms with van der Waals surface area (Å²) in [6, 6.07) is -0.103. The number of rotatable bonds is 14. The molecule has 0 aromatic heterocycles. The molecule has 0 aliphatic heterocycles. The van der Waals surface area contributed by atoms with Crippen molar-refractivity contribution in [2.24, 2.45) is 10.8 Å². The minimum Gasteiger partial charge on any atom is -0.392 e. The summed E-state index contributed by atoms with van der Waals surface area (Å²) in [6.07, 6.45) is 12.7. The first-order valence-electron chi connectivity index (χ1n) is 8.13. The van der Waals surface area contributed by atoms with Crippen LogP contribution in [-0.4, -0.2) is 23.8 Å². The second-order valence-electron chi connectivity index (χ2n) is 5.71. The van der Waals surface area contributed by atoms with Crippen LogP contribution in [0.3, 0.4) is 0 Å². The maximum atomic E-state index is 9.55. The molecule has 5 heteroatoms. The van der Waals surface area contributed by atoms with Crippen LogP contribution in [0, 0.1) is 0 Å². The normalized spacial score (nSPS) is 13.8. The number of aliphatic hydroxyl groups excluding tert-OH is 1. The van der Waals surface area contributed by atoms with Crippen LogP contribution < -0.4 is 5.73 Å². The van der Waals surface area contributed by atoms with Gasteiger partial charge >= 0.3 is 0 Å². The number of unbranched alkanes of at least 4 members (excludes halogenated alkanes) is 9. The SMILES string of the molecule is C[C@H](N)[C@H](O)CCCCCCCCCCCCN=[N+]=[N-]. The van der Waals surface area contributed by atoms with Gasteiger partial charge in [-0.2, -0.15) is 0 Å². The molecule has 0 heterocycles. The Labute approximate surface area is 123 Å². The maximum Gasteiger partial charge on any atom is 0.0688 e. The summed E-state index contributed by atoms with van der Waals surface area (Å²) < 4.78 is 0. The minimum absolute atomic E-state index is 0.103. The molecule has 0 bridgehead atoms. The number of hydrogen-bond acceptors (Lipinski definition) is 3. The van der Waals surface area contributed by atoms with Gasteiger partial charge in [-0.3, -0.25) is 0 Å². The lowest BCUT2D eigenvalue weighted by Crippen LogP contribution is -2.31. The largest absolute Gasteiger partial charge is 0.392 e. The van der Waals surface area contributed by atoms with Gasteiger partial charge in [0.25, 0.3) is 0 Å². The number of nitrogens with zero attached hydrogens (tertiary/aromatic N) is 3. The molecular weight excluding hydrogens is 252 g/mol. The number of nitrogens with two attached hydrogens (primary N) is 1. The number of hydrogen-bond donors (Lipinski definition) is 2. The zero-order chi connectivity index (χ0) is 15.1. The van der Waals surface area contributed by atoms with Crippen molar-refractivity contribution in [3.05, 3.63) is 10.4 Å². The lowest BCUT2D eigenvalue weighted by molar-refractivity contribution is 0.138. The van der Waals surface area contributed by atoms with Crippen molar-refractivity contribution in [1.29, 1.82) is 0 Å². The molecule has 2 atom stereocenters. The molecule has 5 nitrogen and oxygen atoms in total. The van der Waals surface area contributed by atoms with Crippen molar-refractivity contribution in [1.82, 2.24) is 0 Å². The number of aliphatic hydroxyl groups is 1. The van der Waals surface area contributed by atoms with Crippen LogP contribution in [0.5, 0.6) is 0 Å². The van der Waals surface area contributed by atoms with Gasteiger partial charge in [0.1, 0.15) is 0 Å². The van der Waals surface area contributed by atoms with E-state index < -0.39 is 0 Å². The molecular formula is C15H32N4O. The maximum absolute atomic E-state index is 9.55. The molecule has 0 amide bonds. The average Bonchev–Trinajstić information content (AvgIpc) is 2.43. The fraction of sp³-hybridized carbons (Fsp3) is 1.00. The molecule has 0 fully saturated rings. The summed E-state index contributed by atoms with van der Waals surface area (Å²) in [5, 5.41) is 13.1. The van der Waals surface area contributed by atoms with E-state index in [1.54, 1.807) is 0 Å². The third-order valence-corrected chi connectivity index (χ3v) is 3.68. The zero-order valence-corrected chi connectivity index (χ0v) is 13.0. The van der Waals surface area contributed by atoms with Crippen LogP contribution in [-0.2, 0) is 0 Å². The Kier molecular flexibility index (Phi) is 14.1. The van der Waals surface area contributed by atoms with Gasteiger partial charge in [0, 0.05) is 17.5 Å². The van der Waals surface area contributed by atoms with Crippen LogP contribution in [0.15, 0.2) is 5.11 Å². The molecule has 3 N–H and O–H groups in total. The monoisotopic (exact) mass is 284 g/mol. The lowest BCUT2D eigenvalue weighted by Gasteiger charge is -2.13. The predicted molar refractivity (Wildman–Crippen MR) is 84.5 cm³/mol. The van der Waals surface area contributed by atoms with E-state index in [0.29, 0.717) is 6.54 Å². The predicted octanol–water partition coefficient (Wildman–Crippen LogP) is 4.30. The molecule has 0 saturated carbocycles. The van der Waals surface area contributed by atoms with Crippen LogP contribution in [0.25, 0.3) is 10.4 Å². The second kappa shape index (κ2) is 14.6. The molecule has 0 saturated heterocycles. The van der Waals surface area contributed by atoms with Crippen LogP contribution in [0.4, 0.5) is 0 Å². The third-order valence-electron chi connectivity index (χ3n) is 3.68. The van der Waals surface area contributed by atoms with Gasteiger partial charge in [0.15, 0.2) is 0 Å². The van der Waals surface area contributed by atoms with Crippen LogP contribution >= 0.6 is 0 Å². The Bertz CT molecular complexity index is 252. The first-order chi connectivity index (χ1) is 9.68. The Morgan fingerprint density at radius 1 is 0.950 bits per heavy atom. The first-order valence-corrected chi connectivity index (χ1v) is 8.13. The van der Waals surface area contributed by atoms with Gasteiger partial charge in [-0.05, 0) is 25.3 Å². The molecule has 0 aliphatic rings. The first kappa shape index (κ1) is 19.2. The van der Waals surface area contributed by atoms with E-state index in [-0.39, 0.29) is 12.1 Å². The van der Waals surface area contributed by atoms with Gasteiger partial charge in [-0.1, -0.05) is 62.9 Å². The van der Waals surface area contributed by atoms with Gasteiger partial charge in [0.05, 0.1) is 6.10 Å². The van der Waals surface area contributed by atoms with Gasteiger partial charge in [-0.15, -0.1) is 0 Å². The second-order valence-corrected chi connectivity index (χ2v) is 5.71. The van der Waals surface area contributed by atoms with E-state index in [2.05, 4.69) is 10.0 Å². The highest BCUT2D eigenvalue weighted by molar-refractivity contribution is 4.65. The van der Waals surface area contributed by atoms with Crippen molar-refractivity contribution in [3.63, 3.8) is 0 Å². The quantitative estimate of drug-likeness (QED) is 0.215. The van der Waals surface area contributed by atoms with Crippen molar-refractivity contribution >= 4 is 0 Å². The van der Waals surface area contributed by atoms with Gasteiger partial charge in [-0.25, -0.2) is 0 Å². The van der Waals surface area contributed by atoms with E-state index in [9.17, 15) is 5.11 Å². The Hall–Kier alpha value is -0.770. The fourth-order valence-electron chi connectivity index (χ4n) is 2.26. The smallest absolute Gasteiger partial charge is 0.0688 e. The topological polar surface area (TPSA) is 95.0 Å². The molecule has 0 aliphatic carbocycles. The minimum atomic E-state index is -0.333. The summed E-state index contributed by atoms with van der Waals surface area (Å²) in [5.41, 5.74) is 13.7. The highest BCUT2D eigenvalue weighted by Crippen LogP contribution is 2.12. The van der Waals surface area contributed by atoms with Crippen LogP contribution in [0.2, 0.25) is 0 Å². The van der Waals surface area contributed by atoms with E-state index in [1.165, 1.54) is 51.4 Å². The average molecular weight is 284 g/mol. The highest BCUT2D eigenvalue weighted by atomic mass is 16.3. The van der Waals surface area contributed by atoms with E-state index in [4.69, 9.17) is 11.3 Å². The van der Waals surface area contributed by atoms with Crippen molar-refractivity contribution in [2.75, 3.05) is 6.54 Å². The number of azide groups is 1. The molecule has 0 unspecified atom stereocenters. The molecule has 0 aromatic carbocycles. The zero-order valence-electron chi connectivity index (χ0n) is 13.0. The summed E-state index contributed by atoms with van der Waals surface area (Å²) in [5.74, 6) is 0. The summed E-state index contributed by atoms with van der Waals surface area (Å²) >= 11 is 0. The molecule has 0 spiro atoms. The fourth-order valence-corrected chi connectivity index (χ4v) is 2.26. The lowest BCUT2D eigenvalue weighted by atomic mass is 10.0. The Morgan fingerprint density at radius 3 is 1.85 bits per heavy atom. The Morgan fingerprint density at radius 2 is 1.40 bits per heavy atom. The highest BCUT2D eigenvalue weighted by Gasteiger charge is 2.07.